The number of hydrogen-bond acceptors (Lipinski definition) is 4. The second kappa shape index (κ2) is 4.77. The predicted octanol–water partition coefficient (Wildman–Crippen LogP) is 2.62. The van der Waals surface area contributed by atoms with Crippen molar-refractivity contribution in [3.05, 3.63) is 34.6 Å². The first-order valence-electron chi connectivity index (χ1n) is 4.66. The molecule has 0 aliphatic carbocycles. The van der Waals surface area contributed by atoms with Gasteiger partial charge in [0.1, 0.15) is 5.82 Å². The van der Waals surface area contributed by atoms with Crippen molar-refractivity contribution in [2.45, 2.75) is 17.0 Å². The lowest BCUT2D eigenvalue weighted by Crippen LogP contribution is -1.96. The molecule has 1 heterocycles. The zero-order valence-electron chi connectivity index (χ0n) is 8.77. The summed E-state index contributed by atoms with van der Waals surface area (Å²) >= 11 is 7.17. The van der Waals surface area contributed by atoms with Crippen LogP contribution in [0, 0.1) is 6.92 Å². The fourth-order valence-corrected chi connectivity index (χ4v) is 2.33. The van der Waals surface area contributed by atoms with Gasteiger partial charge < -0.3 is 5.11 Å². The number of H-pyrrole nitrogens is 1. The lowest BCUT2D eigenvalue weighted by atomic mass is 10.2. The molecule has 0 radical (unpaired) electrons. The quantitative estimate of drug-likeness (QED) is 0.895. The average molecular weight is 270 g/mol. The highest BCUT2D eigenvalue weighted by molar-refractivity contribution is 7.99. The smallest absolute Gasteiger partial charge is 0.337 e. The van der Waals surface area contributed by atoms with E-state index in [2.05, 4.69) is 15.2 Å². The lowest BCUT2D eigenvalue weighted by Gasteiger charge is -2.01. The molecular weight excluding hydrogens is 262 g/mol. The second-order valence-corrected chi connectivity index (χ2v) is 4.70. The Kier molecular flexibility index (Phi) is 3.35. The zero-order chi connectivity index (χ0) is 12.4. The van der Waals surface area contributed by atoms with E-state index in [0.29, 0.717) is 5.16 Å². The van der Waals surface area contributed by atoms with Gasteiger partial charge in [0, 0.05) is 4.90 Å². The third-order valence-corrected chi connectivity index (χ3v) is 3.12. The molecule has 88 valence electrons. The highest BCUT2D eigenvalue weighted by atomic mass is 35.5. The fraction of sp³-hybridized carbons (Fsp3) is 0.100. The summed E-state index contributed by atoms with van der Waals surface area (Å²) in [6.07, 6.45) is 0. The number of carboxylic acids is 1. The van der Waals surface area contributed by atoms with Gasteiger partial charge in [0.05, 0.1) is 10.6 Å². The van der Waals surface area contributed by atoms with Crippen LogP contribution in [0.3, 0.4) is 0 Å². The molecule has 1 aromatic heterocycles. The van der Waals surface area contributed by atoms with Crippen LogP contribution in [-0.4, -0.2) is 26.3 Å². The molecule has 0 saturated carbocycles. The maximum atomic E-state index is 10.8. The number of halogens is 1. The van der Waals surface area contributed by atoms with E-state index in [1.54, 1.807) is 19.1 Å². The Hall–Kier alpha value is -1.53. The van der Waals surface area contributed by atoms with Crippen LogP contribution in [0.15, 0.2) is 28.3 Å². The number of hydrogen-bond donors (Lipinski definition) is 2. The van der Waals surface area contributed by atoms with Crippen LogP contribution < -0.4 is 0 Å². The van der Waals surface area contributed by atoms with Gasteiger partial charge in [0.2, 0.25) is 5.16 Å². The molecule has 2 rings (SSSR count). The predicted molar refractivity (Wildman–Crippen MR) is 63.7 cm³/mol. The van der Waals surface area contributed by atoms with Crippen molar-refractivity contribution < 1.29 is 9.90 Å². The molecule has 0 unspecified atom stereocenters. The molecule has 0 fully saturated rings. The Labute approximate surface area is 106 Å². The highest BCUT2D eigenvalue weighted by Gasteiger charge is 2.10. The summed E-state index contributed by atoms with van der Waals surface area (Å²) in [5.41, 5.74) is 0.0854. The monoisotopic (exact) mass is 269 g/mol. The molecule has 1 aromatic carbocycles. The Bertz CT molecular complexity index is 570. The van der Waals surface area contributed by atoms with Crippen molar-refractivity contribution in [3.8, 4) is 0 Å². The minimum absolute atomic E-state index is 0.0854. The van der Waals surface area contributed by atoms with Crippen LogP contribution in [0.5, 0.6) is 0 Å². The van der Waals surface area contributed by atoms with E-state index in [1.165, 1.54) is 17.8 Å². The Morgan fingerprint density at radius 1 is 1.53 bits per heavy atom. The molecule has 2 aromatic rings. The fourth-order valence-electron chi connectivity index (χ4n) is 1.21. The molecule has 5 nitrogen and oxygen atoms in total. The summed E-state index contributed by atoms with van der Waals surface area (Å²) in [5.74, 6) is -0.318. The molecule has 7 heteroatoms. The summed E-state index contributed by atoms with van der Waals surface area (Å²) in [4.78, 5) is 15.7. The summed E-state index contributed by atoms with van der Waals surface area (Å²) in [6, 6.07) is 4.72. The third-order valence-electron chi connectivity index (χ3n) is 1.96. The Morgan fingerprint density at radius 2 is 2.29 bits per heavy atom. The molecule has 0 atom stereocenters. The summed E-state index contributed by atoms with van der Waals surface area (Å²) in [5, 5.41) is 16.3. The van der Waals surface area contributed by atoms with Gasteiger partial charge in [-0.15, -0.1) is 5.10 Å². The summed E-state index contributed by atoms with van der Waals surface area (Å²) < 4.78 is 0. The number of carboxylic acid groups (broad SMARTS) is 1. The molecule has 17 heavy (non-hydrogen) atoms. The van der Waals surface area contributed by atoms with E-state index in [9.17, 15) is 4.79 Å². The number of benzene rings is 1. The van der Waals surface area contributed by atoms with Gasteiger partial charge in [0.25, 0.3) is 0 Å². The van der Waals surface area contributed by atoms with Crippen LogP contribution in [0.4, 0.5) is 0 Å². The van der Waals surface area contributed by atoms with Gasteiger partial charge in [-0.2, -0.15) is 0 Å². The number of aryl methyl sites for hydroxylation is 1. The molecule has 2 N–H and O–H groups in total. The van der Waals surface area contributed by atoms with Gasteiger partial charge >= 0.3 is 5.97 Å². The van der Waals surface area contributed by atoms with Gasteiger partial charge in [0.15, 0.2) is 0 Å². The first-order chi connectivity index (χ1) is 8.06. The SMILES string of the molecule is Cc1nc(Sc2ccc(C(=O)O)c(Cl)c2)n[nH]1. The third kappa shape index (κ3) is 2.78. The van der Waals surface area contributed by atoms with Gasteiger partial charge in [-0.3, -0.25) is 5.10 Å². The van der Waals surface area contributed by atoms with Crippen LogP contribution in [0.25, 0.3) is 0 Å². The minimum Gasteiger partial charge on any atom is -0.478 e. The summed E-state index contributed by atoms with van der Waals surface area (Å²) in [6.45, 7) is 1.80. The van der Waals surface area contributed by atoms with Crippen molar-refractivity contribution in [3.63, 3.8) is 0 Å². The highest BCUT2D eigenvalue weighted by Crippen LogP contribution is 2.28. The van der Waals surface area contributed by atoms with Crippen LogP contribution >= 0.6 is 23.4 Å². The van der Waals surface area contributed by atoms with Crippen LogP contribution in [0.2, 0.25) is 5.02 Å². The number of rotatable bonds is 3. The van der Waals surface area contributed by atoms with Gasteiger partial charge in [-0.1, -0.05) is 11.6 Å². The number of aromatic nitrogens is 3. The second-order valence-electron chi connectivity index (χ2n) is 3.25. The first kappa shape index (κ1) is 11.9. The standard InChI is InChI=1S/C10H8ClN3O2S/c1-5-12-10(14-13-5)17-6-2-3-7(9(15)16)8(11)4-6/h2-4H,1H3,(H,15,16)(H,12,13,14). The maximum absolute atomic E-state index is 10.8. The van der Waals surface area contributed by atoms with Crippen LogP contribution in [-0.2, 0) is 0 Å². The Balaban J connectivity index is 2.23. The largest absolute Gasteiger partial charge is 0.478 e. The van der Waals surface area contributed by atoms with Crippen molar-refractivity contribution >= 4 is 29.3 Å². The van der Waals surface area contributed by atoms with E-state index >= 15 is 0 Å². The molecule has 0 bridgehead atoms. The number of nitrogens with zero attached hydrogens (tertiary/aromatic N) is 2. The minimum atomic E-state index is -1.04. The average Bonchev–Trinajstić information content (AvgIpc) is 2.63. The van der Waals surface area contributed by atoms with Gasteiger partial charge in [-0.25, -0.2) is 9.78 Å². The molecular formula is C10H8ClN3O2S. The number of nitrogens with one attached hydrogen (secondary N) is 1. The molecule has 0 saturated heterocycles. The van der Waals surface area contributed by atoms with Crippen molar-refractivity contribution in [1.29, 1.82) is 0 Å². The Morgan fingerprint density at radius 3 is 2.82 bits per heavy atom. The van der Waals surface area contributed by atoms with Gasteiger partial charge in [-0.05, 0) is 36.9 Å². The van der Waals surface area contributed by atoms with E-state index in [4.69, 9.17) is 16.7 Å². The molecule has 0 amide bonds. The molecule has 0 spiro atoms. The lowest BCUT2D eigenvalue weighted by molar-refractivity contribution is 0.0697. The maximum Gasteiger partial charge on any atom is 0.337 e. The molecule has 0 aliphatic rings. The number of aromatic carboxylic acids is 1. The topological polar surface area (TPSA) is 78.9 Å². The zero-order valence-corrected chi connectivity index (χ0v) is 10.3. The van der Waals surface area contributed by atoms with E-state index < -0.39 is 5.97 Å². The van der Waals surface area contributed by atoms with E-state index in [-0.39, 0.29) is 10.6 Å². The normalized spacial score (nSPS) is 10.5. The number of carbonyl (C=O) groups is 1. The van der Waals surface area contributed by atoms with Crippen molar-refractivity contribution in [2.75, 3.05) is 0 Å². The van der Waals surface area contributed by atoms with Crippen molar-refractivity contribution in [2.24, 2.45) is 0 Å². The number of aromatic amines is 1. The van der Waals surface area contributed by atoms with Crippen molar-refractivity contribution in [1.82, 2.24) is 15.2 Å². The van der Waals surface area contributed by atoms with E-state index in [0.717, 1.165) is 10.7 Å². The summed E-state index contributed by atoms with van der Waals surface area (Å²) in [7, 11) is 0. The molecule has 0 aliphatic heterocycles. The first-order valence-corrected chi connectivity index (χ1v) is 5.85. The van der Waals surface area contributed by atoms with E-state index in [1.807, 2.05) is 0 Å². The van der Waals surface area contributed by atoms with Crippen LogP contribution in [0.1, 0.15) is 16.2 Å².